The molecule has 0 aliphatic carbocycles. The molecule has 1 heterocycles. The molecule has 1 aliphatic heterocycles. The van der Waals surface area contributed by atoms with Gasteiger partial charge in [0, 0.05) is 18.7 Å². The maximum absolute atomic E-state index is 12.4. The summed E-state index contributed by atoms with van der Waals surface area (Å²) in [6, 6.07) is 5.49. The summed E-state index contributed by atoms with van der Waals surface area (Å²) in [6.07, 6.45) is 0.410. The van der Waals surface area contributed by atoms with Gasteiger partial charge in [-0.05, 0) is 25.1 Å². The van der Waals surface area contributed by atoms with E-state index in [0.29, 0.717) is 31.9 Å². The minimum absolute atomic E-state index is 0.0895. The number of morpholine rings is 1. The van der Waals surface area contributed by atoms with Crippen LogP contribution >= 0.6 is 0 Å². The molecule has 1 atom stereocenters. The number of rotatable bonds is 4. The summed E-state index contributed by atoms with van der Waals surface area (Å²) in [5.74, 6) is 1.52. The minimum Gasteiger partial charge on any atom is -0.497 e. The molecule has 5 nitrogen and oxygen atoms in total. The van der Waals surface area contributed by atoms with Crippen LogP contribution in [-0.2, 0) is 16.0 Å². The highest BCUT2D eigenvalue weighted by Gasteiger charge is 2.22. The number of benzene rings is 1. The molecule has 1 aliphatic rings. The van der Waals surface area contributed by atoms with Crippen molar-refractivity contribution < 1.29 is 19.0 Å². The standard InChI is InChI=1S/C15H21NO4/c1-11-10-16(6-7-20-11)15(17)9-12-8-13(18-2)4-5-14(12)19-3/h4-5,8,11H,6-7,9-10H2,1-3H3. The van der Waals surface area contributed by atoms with Gasteiger partial charge < -0.3 is 19.1 Å². The molecular formula is C15H21NO4. The molecule has 1 fully saturated rings. The van der Waals surface area contributed by atoms with E-state index < -0.39 is 0 Å². The average molecular weight is 279 g/mol. The molecule has 20 heavy (non-hydrogen) atoms. The molecule has 2 rings (SSSR count). The van der Waals surface area contributed by atoms with E-state index in [1.807, 2.05) is 30.0 Å². The number of ether oxygens (including phenoxy) is 3. The number of hydrogen-bond acceptors (Lipinski definition) is 4. The van der Waals surface area contributed by atoms with Gasteiger partial charge in [-0.15, -0.1) is 0 Å². The topological polar surface area (TPSA) is 48.0 Å². The Morgan fingerprint density at radius 1 is 1.40 bits per heavy atom. The third-order valence-corrected chi connectivity index (χ3v) is 3.42. The van der Waals surface area contributed by atoms with Gasteiger partial charge in [-0.25, -0.2) is 0 Å². The second kappa shape index (κ2) is 6.61. The monoisotopic (exact) mass is 279 g/mol. The molecule has 0 bridgehead atoms. The van der Waals surface area contributed by atoms with Gasteiger partial charge in [-0.3, -0.25) is 4.79 Å². The summed E-state index contributed by atoms with van der Waals surface area (Å²) >= 11 is 0. The molecule has 0 spiro atoms. The van der Waals surface area contributed by atoms with Crippen LogP contribution < -0.4 is 9.47 Å². The quantitative estimate of drug-likeness (QED) is 0.838. The molecule has 1 aromatic rings. The largest absolute Gasteiger partial charge is 0.497 e. The molecule has 1 unspecified atom stereocenters. The van der Waals surface area contributed by atoms with E-state index in [1.54, 1.807) is 14.2 Å². The molecule has 1 saturated heterocycles. The van der Waals surface area contributed by atoms with E-state index in [2.05, 4.69) is 0 Å². The van der Waals surface area contributed by atoms with Crippen molar-refractivity contribution in [2.45, 2.75) is 19.4 Å². The fraction of sp³-hybridized carbons (Fsp3) is 0.533. The normalized spacial score (nSPS) is 18.8. The summed E-state index contributed by atoms with van der Waals surface area (Å²) in [5, 5.41) is 0. The van der Waals surface area contributed by atoms with Gasteiger partial charge in [-0.2, -0.15) is 0 Å². The van der Waals surface area contributed by atoms with Gasteiger partial charge >= 0.3 is 0 Å². The fourth-order valence-corrected chi connectivity index (χ4v) is 2.34. The van der Waals surface area contributed by atoms with Crippen LogP contribution in [0.5, 0.6) is 11.5 Å². The number of nitrogens with zero attached hydrogens (tertiary/aromatic N) is 1. The Hall–Kier alpha value is -1.75. The number of carbonyl (C=O) groups is 1. The highest BCUT2D eigenvalue weighted by Crippen LogP contribution is 2.25. The fourth-order valence-electron chi connectivity index (χ4n) is 2.34. The van der Waals surface area contributed by atoms with Crippen molar-refractivity contribution in [1.29, 1.82) is 0 Å². The van der Waals surface area contributed by atoms with E-state index in [-0.39, 0.29) is 12.0 Å². The predicted molar refractivity (Wildman–Crippen MR) is 75.2 cm³/mol. The first-order valence-corrected chi connectivity index (χ1v) is 6.74. The van der Waals surface area contributed by atoms with Crippen molar-refractivity contribution in [1.82, 2.24) is 4.90 Å². The van der Waals surface area contributed by atoms with Crippen molar-refractivity contribution in [2.75, 3.05) is 33.9 Å². The average Bonchev–Trinajstić information content (AvgIpc) is 2.47. The zero-order valence-corrected chi connectivity index (χ0v) is 12.2. The van der Waals surface area contributed by atoms with Gasteiger partial charge in [0.15, 0.2) is 0 Å². The van der Waals surface area contributed by atoms with Crippen molar-refractivity contribution in [3.05, 3.63) is 23.8 Å². The molecule has 0 radical (unpaired) electrons. The third kappa shape index (κ3) is 3.42. The van der Waals surface area contributed by atoms with Crippen molar-refractivity contribution in [2.24, 2.45) is 0 Å². The van der Waals surface area contributed by atoms with Crippen molar-refractivity contribution >= 4 is 5.91 Å². The van der Waals surface area contributed by atoms with Gasteiger partial charge in [0.25, 0.3) is 0 Å². The Morgan fingerprint density at radius 2 is 2.20 bits per heavy atom. The first kappa shape index (κ1) is 14.7. The lowest BCUT2D eigenvalue weighted by Gasteiger charge is -2.31. The number of carbonyl (C=O) groups excluding carboxylic acids is 1. The number of methoxy groups -OCH3 is 2. The van der Waals surface area contributed by atoms with E-state index in [4.69, 9.17) is 14.2 Å². The zero-order chi connectivity index (χ0) is 14.5. The van der Waals surface area contributed by atoms with E-state index in [9.17, 15) is 4.79 Å². The van der Waals surface area contributed by atoms with Crippen LogP contribution in [0.2, 0.25) is 0 Å². The first-order chi connectivity index (χ1) is 9.63. The molecule has 1 amide bonds. The Balaban J connectivity index is 2.10. The van der Waals surface area contributed by atoms with Gasteiger partial charge in [0.2, 0.25) is 5.91 Å². The summed E-state index contributed by atoms with van der Waals surface area (Å²) in [6.45, 7) is 3.87. The number of amides is 1. The smallest absolute Gasteiger partial charge is 0.227 e. The Labute approximate surface area is 119 Å². The van der Waals surface area contributed by atoms with E-state index >= 15 is 0 Å². The van der Waals surface area contributed by atoms with Crippen LogP contribution in [0.15, 0.2) is 18.2 Å². The third-order valence-electron chi connectivity index (χ3n) is 3.42. The summed E-state index contributed by atoms with van der Waals surface area (Å²) in [5.41, 5.74) is 0.844. The zero-order valence-electron chi connectivity index (χ0n) is 12.2. The van der Waals surface area contributed by atoms with Crippen LogP contribution in [0.1, 0.15) is 12.5 Å². The maximum Gasteiger partial charge on any atom is 0.227 e. The Kier molecular flexibility index (Phi) is 4.84. The molecule has 1 aromatic carbocycles. The van der Waals surface area contributed by atoms with E-state index in [1.165, 1.54) is 0 Å². The van der Waals surface area contributed by atoms with Gasteiger partial charge in [-0.1, -0.05) is 0 Å². The van der Waals surface area contributed by atoms with Gasteiger partial charge in [0.1, 0.15) is 11.5 Å². The maximum atomic E-state index is 12.4. The second-order valence-corrected chi connectivity index (χ2v) is 4.88. The summed E-state index contributed by atoms with van der Waals surface area (Å²) < 4.78 is 16.0. The van der Waals surface area contributed by atoms with Crippen LogP contribution in [0.3, 0.4) is 0 Å². The van der Waals surface area contributed by atoms with Crippen LogP contribution in [0.25, 0.3) is 0 Å². The second-order valence-electron chi connectivity index (χ2n) is 4.88. The molecule has 0 aromatic heterocycles. The van der Waals surface area contributed by atoms with Crippen LogP contribution in [0.4, 0.5) is 0 Å². The van der Waals surface area contributed by atoms with E-state index in [0.717, 1.165) is 11.3 Å². The molecule has 110 valence electrons. The lowest BCUT2D eigenvalue weighted by molar-refractivity contribution is -0.137. The van der Waals surface area contributed by atoms with Crippen LogP contribution in [0, 0.1) is 0 Å². The Bertz CT molecular complexity index is 475. The molecule has 0 saturated carbocycles. The molecular weight excluding hydrogens is 258 g/mol. The van der Waals surface area contributed by atoms with Gasteiger partial charge in [0.05, 0.1) is 33.4 Å². The Morgan fingerprint density at radius 3 is 2.85 bits per heavy atom. The van der Waals surface area contributed by atoms with Crippen LogP contribution in [-0.4, -0.2) is 50.8 Å². The SMILES string of the molecule is COc1ccc(OC)c(CC(=O)N2CCOC(C)C2)c1. The molecule has 5 heteroatoms. The highest BCUT2D eigenvalue weighted by atomic mass is 16.5. The summed E-state index contributed by atoms with van der Waals surface area (Å²) in [7, 11) is 3.21. The van der Waals surface area contributed by atoms with Crippen molar-refractivity contribution in [3.8, 4) is 11.5 Å². The first-order valence-electron chi connectivity index (χ1n) is 6.74. The highest BCUT2D eigenvalue weighted by molar-refractivity contribution is 5.79. The molecule has 0 N–H and O–H groups in total. The lowest BCUT2D eigenvalue weighted by Crippen LogP contribution is -2.45. The summed E-state index contributed by atoms with van der Waals surface area (Å²) in [4.78, 5) is 14.2. The minimum atomic E-state index is 0.0895. The van der Waals surface area contributed by atoms with Crippen molar-refractivity contribution in [3.63, 3.8) is 0 Å². The lowest BCUT2D eigenvalue weighted by atomic mass is 10.1. The number of hydrogen-bond donors (Lipinski definition) is 0. The predicted octanol–water partition coefficient (Wildman–Crippen LogP) is 1.49.